The first-order valence-electron chi connectivity index (χ1n) is 5.44. The lowest BCUT2D eigenvalue weighted by Crippen LogP contribution is -2.15. The highest BCUT2D eigenvalue weighted by atomic mass is 19.1. The molecule has 18 heavy (non-hydrogen) atoms. The van der Waals surface area contributed by atoms with Crippen molar-refractivity contribution in [2.24, 2.45) is 7.05 Å². The molecule has 0 aliphatic heterocycles. The van der Waals surface area contributed by atoms with Crippen molar-refractivity contribution in [3.05, 3.63) is 58.3 Å². The highest BCUT2D eigenvalue weighted by Crippen LogP contribution is 2.16. The molecule has 0 radical (unpaired) electrons. The van der Waals surface area contributed by atoms with E-state index < -0.39 is 5.82 Å². The smallest absolute Gasteiger partial charge is 0.250 e. The highest BCUT2D eigenvalue weighted by Gasteiger charge is 2.01. The van der Waals surface area contributed by atoms with E-state index in [-0.39, 0.29) is 11.3 Å². The Kier molecular flexibility index (Phi) is 3.32. The molecule has 0 bridgehead atoms. The molecule has 1 aromatic heterocycles. The Morgan fingerprint density at radius 2 is 2.11 bits per heavy atom. The topological polar surface area (TPSA) is 54.3 Å². The van der Waals surface area contributed by atoms with Gasteiger partial charge in [0.1, 0.15) is 0 Å². The van der Waals surface area contributed by atoms with Gasteiger partial charge in [-0.1, -0.05) is 6.07 Å². The van der Waals surface area contributed by atoms with Crippen LogP contribution in [0.2, 0.25) is 0 Å². The summed E-state index contributed by atoms with van der Waals surface area (Å²) < 4.78 is 14.6. The number of benzene rings is 1. The Morgan fingerprint density at radius 1 is 1.33 bits per heavy atom. The van der Waals surface area contributed by atoms with Crippen LogP contribution in [0.25, 0.3) is 0 Å². The number of nitrogens with zero attached hydrogens (tertiary/aromatic N) is 1. The molecule has 0 amide bonds. The van der Waals surface area contributed by atoms with Crippen LogP contribution in [0.1, 0.15) is 5.56 Å². The maximum Gasteiger partial charge on any atom is 0.250 e. The van der Waals surface area contributed by atoms with Gasteiger partial charge in [-0.15, -0.1) is 0 Å². The second kappa shape index (κ2) is 4.91. The van der Waals surface area contributed by atoms with Gasteiger partial charge >= 0.3 is 0 Å². The average molecular weight is 248 g/mol. The van der Waals surface area contributed by atoms with Crippen LogP contribution >= 0.6 is 0 Å². The van der Waals surface area contributed by atoms with Crippen LogP contribution in [0.4, 0.5) is 10.1 Å². The second-order valence-electron chi connectivity index (χ2n) is 4.01. The molecule has 0 spiro atoms. The molecule has 0 saturated heterocycles. The number of aromatic hydroxyl groups is 1. The molecule has 2 rings (SSSR count). The predicted molar refractivity (Wildman–Crippen MR) is 67.1 cm³/mol. The zero-order valence-electron chi connectivity index (χ0n) is 9.85. The third kappa shape index (κ3) is 2.68. The molecular formula is C13H13FN2O2. The molecule has 1 heterocycles. The van der Waals surface area contributed by atoms with Crippen LogP contribution in [0.15, 0.2) is 41.3 Å². The van der Waals surface area contributed by atoms with Crippen molar-refractivity contribution < 1.29 is 9.50 Å². The number of hydrogen-bond donors (Lipinski definition) is 2. The normalized spacial score (nSPS) is 10.3. The number of phenolic OH excluding ortho intramolecular Hbond substituents is 1. The Labute approximate surface area is 103 Å². The van der Waals surface area contributed by atoms with Crippen LogP contribution in [-0.4, -0.2) is 9.67 Å². The van der Waals surface area contributed by atoms with Gasteiger partial charge < -0.3 is 15.0 Å². The first-order valence-corrected chi connectivity index (χ1v) is 5.44. The number of nitrogens with one attached hydrogen (secondary N) is 1. The minimum absolute atomic E-state index is 0.0868. The van der Waals surface area contributed by atoms with E-state index in [1.165, 1.54) is 22.8 Å². The number of halogens is 1. The molecule has 0 unspecified atom stereocenters. The molecule has 0 fully saturated rings. The van der Waals surface area contributed by atoms with Crippen molar-refractivity contribution in [2.45, 2.75) is 6.54 Å². The monoisotopic (exact) mass is 248 g/mol. The molecule has 1 aromatic carbocycles. The van der Waals surface area contributed by atoms with Gasteiger partial charge in [0.25, 0.3) is 0 Å². The first-order chi connectivity index (χ1) is 8.56. The van der Waals surface area contributed by atoms with Crippen molar-refractivity contribution >= 4 is 5.69 Å². The summed E-state index contributed by atoms with van der Waals surface area (Å²) in [5.74, 6) is -1.00. The fourth-order valence-corrected chi connectivity index (χ4v) is 1.56. The molecule has 0 atom stereocenters. The van der Waals surface area contributed by atoms with Crippen molar-refractivity contribution in [3.8, 4) is 5.75 Å². The van der Waals surface area contributed by atoms with Crippen molar-refractivity contribution in [1.82, 2.24) is 4.57 Å². The summed E-state index contributed by atoms with van der Waals surface area (Å²) in [4.78, 5) is 11.2. The lowest BCUT2D eigenvalue weighted by molar-refractivity contribution is 0.432. The number of pyridine rings is 1. The van der Waals surface area contributed by atoms with Crippen LogP contribution in [-0.2, 0) is 13.6 Å². The largest absolute Gasteiger partial charge is 0.505 e. The van der Waals surface area contributed by atoms with E-state index >= 15 is 0 Å². The van der Waals surface area contributed by atoms with Gasteiger partial charge in [-0.2, -0.15) is 0 Å². The van der Waals surface area contributed by atoms with E-state index in [1.54, 1.807) is 25.4 Å². The Bertz CT molecular complexity index is 623. The number of rotatable bonds is 3. The molecule has 4 nitrogen and oxygen atoms in total. The summed E-state index contributed by atoms with van der Waals surface area (Å²) in [6.07, 6.45) is 1.67. The van der Waals surface area contributed by atoms with Gasteiger partial charge in [-0.05, 0) is 23.8 Å². The van der Waals surface area contributed by atoms with E-state index in [4.69, 9.17) is 5.11 Å². The van der Waals surface area contributed by atoms with Crippen LogP contribution in [0.3, 0.4) is 0 Å². The lowest BCUT2D eigenvalue weighted by atomic mass is 10.2. The van der Waals surface area contributed by atoms with E-state index in [0.29, 0.717) is 12.1 Å². The third-order valence-electron chi connectivity index (χ3n) is 2.59. The molecule has 2 N–H and O–H groups in total. The lowest BCUT2D eigenvalue weighted by Gasteiger charge is -2.08. The van der Waals surface area contributed by atoms with Crippen LogP contribution < -0.4 is 10.9 Å². The van der Waals surface area contributed by atoms with Crippen molar-refractivity contribution in [3.63, 3.8) is 0 Å². The fraction of sp³-hybridized carbons (Fsp3) is 0.154. The van der Waals surface area contributed by atoms with Gasteiger partial charge in [0, 0.05) is 25.9 Å². The number of phenols is 1. The summed E-state index contributed by atoms with van der Waals surface area (Å²) in [5, 5.41) is 12.1. The van der Waals surface area contributed by atoms with E-state index in [2.05, 4.69) is 5.32 Å². The summed E-state index contributed by atoms with van der Waals surface area (Å²) >= 11 is 0. The highest BCUT2D eigenvalue weighted by molar-refractivity contribution is 5.41. The van der Waals surface area contributed by atoms with Gasteiger partial charge in [-0.3, -0.25) is 4.79 Å². The van der Waals surface area contributed by atoms with E-state index in [1.807, 2.05) is 0 Å². The van der Waals surface area contributed by atoms with E-state index in [0.717, 1.165) is 5.69 Å². The van der Waals surface area contributed by atoms with E-state index in [9.17, 15) is 9.18 Å². The van der Waals surface area contributed by atoms with Crippen molar-refractivity contribution in [1.29, 1.82) is 0 Å². The molecule has 5 heteroatoms. The van der Waals surface area contributed by atoms with Crippen LogP contribution in [0.5, 0.6) is 5.75 Å². The first kappa shape index (κ1) is 12.2. The summed E-state index contributed by atoms with van der Waals surface area (Å²) in [6, 6.07) is 7.34. The average Bonchev–Trinajstić information content (AvgIpc) is 2.35. The van der Waals surface area contributed by atoms with Crippen LogP contribution in [0, 0.1) is 5.82 Å². The summed E-state index contributed by atoms with van der Waals surface area (Å²) in [5.41, 5.74) is 1.39. The Morgan fingerprint density at radius 3 is 2.78 bits per heavy atom. The molecule has 0 aliphatic rings. The number of aryl methyl sites for hydroxylation is 1. The maximum atomic E-state index is 13.1. The number of hydrogen-bond acceptors (Lipinski definition) is 3. The fourth-order valence-electron chi connectivity index (χ4n) is 1.56. The zero-order chi connectivity index (χ0) is 13.1. The van der Waals surface area contributed by atoms with Gasteiger partial charge in [0.15, 0.2) is 11.6 Å². The molecule has 94 valence electrons. The quantitative estimate of drug-likeness (QED) is 0.871. The third-order valence-corrected chi connectivity index (χ3v) is 2.59. The molecule has 0 aliphatic carbocycles. The zero-order valence-corrected chi connectivity index (χ0v) is 9.85. The Balaban J connectivity index is 2.09. The standard InChI is InChI=1S/C13H13FN2O2/c1-16-8-10(3-5-13(16)18)15-7-9-2-4-12(17)11(14)6-9/h2-6,8,15,17H,7H2,1H3. The molecule has 0 saturated carbocycles. The van der Waals surface area contributed by atoms with Crippen molar-refractivity contribution in [2.75, 3.05) is 5.32 Å². The molecule has 2 aromatic rings. The second-order valence-corrected chi connectivity index (χ2v) is 4.01. The minimum Gasteiger partial charge on any atom is -0.505 e. The number of anilines is 1. The van der Waals surface area contributed by atoms with Gasteiger partial charge in [0.05, 0.1) is 5.69 Å². The summed E-state index contributed by atoms with van der Waals surface area (Å²) in [6.45, 7) is 0.412. The SMILES string of the molecule is Cn1cc(NCc2ccc(O)c(F)c2)ccc1=O. The maximum absolute atomic E-state index is 13.1. The molecular weight excluding hydrogens is 235 g/mol. The Hall–Kier alpha value is -2.30. The number of aromatic nitrogens is 1. The minimum atomic E-state index is -0.644. The summed E-state index contributed by atoms with van der Waals surface area (Å²) in [7, 11) is 1.66. The predicted octanol–water partition coefficient (Wildman–Crippen LogP) is 1.84. The van der Waals surface area contributed by atoms with Gasteiger partial charge in [-0.25, -0.2) is 4.39 Å². The van der Waals surface area contributed by atoms with Gasteiger partial charge in [0.2, 0.25) is 5.56 Å².